The first-order valence-corrected chi connectivity index (χ1v) is 5.94. The number of carbonyl (C=O) groups excluding carboxylic acids is 1. The summed E-state index contributed by atoms with van der Waals surface area (Å²) >= 11 is 0. The minimum atomic E-state index is -1.35. The number of carbonyl (C=O) groups is 1. The largest absolute Gasteiger partial charge is 0.464 e. The second-order valence-electron chi connectivity index (χ2n) is 4.58. The first-order chi connectivity index (χ1) is 7.52. The zero-order valence-electron chi connectivity index (χ0n) is 10.4. The maximum absolute atomic E-state index is 11.6. The van der Waals surface area contributed by atoms with Gasteiger partial charge in [0.15, 0.2) is 5.60 Å². The van der Waals surface area contributed by atoms with Crippen molar-refractivity contribution in [2.24, 2.45) is 5.92 Å². The van der Waals surface area contributed by atoms with Gasteiger partial charge in [-0.1, -0.05) is 0 Å². The Morgan fingerprint density at radius 1 is 1.38 bits per heavy atom. The molecule has 1 N–H and O–H groups in total. The van der Waals surface area contributed by atoms with Crippen molar-refractivity contribution in [1.29, 1.82) is 0 Å². The molecule has 0 aromatic heterocycles. The molecule has 94 valence electrons. The molecule has 0 spiro atoms. The Bertz CT molecular complexity index is 229. The van der Waals surface area contributed by atoms with E-state index in [0.717, 1.165) is 25.7 Å². The van der Waals surface area contributed by atoms with E-state index in [2.05, 4.69) is 0 Å². The van der Waals surface area contributed by atoms with Gasteiger partial charge in [0.05, 0.1) is 12.7 Å². The highest BCUT2D eigenvalue weighted by atomic mass is 16.5. The van der Waals surface area contributed by atoms with Gasteiger partial charge in [-0.2, -0.15) is 0 Å². The minimum absolute atomic E-state index is 0.0158. The number of hydrogen-bond acceptors (Lipinski definition) is 4. The third-order valence-corrected chi connectivity index (χ3v) is 3.49. The minimum Gasteiger partial charge on any atom is -0.464 e. The molecule has 1 aliphatic rings. The first kappa shape index (κ1) is 13.5. The zero-order chi connectivity index (χ0) is 12.2. The molecule has 4 heteroatoms. The van der Waals surface area contributed by atoms with Crippen LogP contribution in [0.2, 0.25) is 0 Å². The SMILES string of the molecule is CCOC(=O)C(C)(O)C1CCC(OC)CC1. The molecule has 1 atom stereocenters. The van der Waals surface area contributed by atoms with Gasteiger partial charge < -0.3 is 14.6 Å². The van der Waals surface area contributed by atoms with Gasteiger partial charge in [0.2, 0.25) is 0 Å². The smallest absolute Gasteiger partial charge is 0.338 e. The molecule has 1 saturated carbocycles. The summed E-state index contributed by atoms with van der Waals surface area (Å²) in [7, 11) is 1.70. The summed E-state index contributed by atoms with van der Waals surface area (Å²) in [5, 5.41) is 10.2. The molecule has 16 heavy (non-hydrogen) atoms. The van der Waals surface area contributed by atoms with Crippen molar-refractivity contribution >= 4 is 5.97 Å². The topological polar surface area (TPSA) is 55.8 Å². The van der Waals surface area contributed by atoms with Gasteiger partial charge in [-0.05, 0) is 45.4 Å². The summed E-state index contributed by atoms with van der Waals surface area (Å²) < 4.78 is 10.2. The van der Waals surface area contributed by atoms with E-state index < -0.39 is 11.6 Å². The first-order valence-electron chi connectivity index (χ1n) is 5.94. The highest BCUT2D eigenvalue weighted by Crippen LogP contribution is 2.34. The Labute approximate surface area is 96.9 Å². The molecule has 0 saturated heterocycles. The van der Waals surface area contributed by atoms with Gasteiger partial charge in [-0.3, -0.25) is 0 Å². The highest BCUT2D eigenvalue weighted by molar-refractivity contribution is 5.79. The molecule has 0 radical (unpaired) electrons. The predicted molar refractivity (Wildman–Crippen MR) is 60.0 cm³/mol. The number of rotatable bonds is 4. The van der Waals surface area contributed by atoms with E-state index in [4.69, 9.17) is 9.47 Å². The van der Waals surface area contributed by atoms with Crippen LogP contribution in [0.25, 0.3) is 0 Å². The van der Waals surface area contributed by atoms with Crippen LogP contribution in [0.1, 0.15) is 39.5 Å². The number of methoxy groups -OCH3 is 1. The van der Waals surface area contributed by atoms with Gasteiger partial charge >= 0.3 is 5.97 Å². The number of esters is 1. The van der Waals surface area contributed by atoms with Crippen molar-refractivity contribution in [3.8, 4) is 0 Å². The summed E-state index contributed by atoms with van der Waals surface area (Å²) in [6.07, 6.45) is 3.69. The van der Waals surface area contributed by atoms with Crippen LogP contribution in [0.4, 0.5) is 0 Å². The lowest BCUT2D eigenvalue weighted by Gasteiger charge is -2.35. The number of ether oxygens (including phenoxy) is 2. The Balaban J connectivity index is 2.53. The maximum Gasteiger partial charge on any atom is 0.338 e. The molecule has 0 amide bonds. The van der Waals surface area contributed by atoms with Crippen LogP contribution in [0.5, 0.6) is 0 Å². The average Bonchev–Trinajstić information content (AvgIpc) is 2.29. The van der Waals surface area contributed by atoms with Gasteiger partial charge in [-0.25, -0.2) is 4.79 Å². The molecular weight excluding hydrogens is 208 g/mol. The van der Waals surface area contributed by atoms with Crippen molar-refractivity contribution in [3.63, 3.8) is 0 Å². The van der Waals surface area contributed by atoms with E-state index in [9.17, 15) is 9.90 Å². The van der Waals surface area contributed by atoms with Crippen LogP contribution < -0.4 is 0 Å². The molecule has 0 heterocycles. The van der Waals surface area contributed by atoms with Crippen LogP contribution in [0.15, 0.2) is 0 Å². The van der Waals surface area contributed by atoms with Crippen LogP contribution in [-0.4, -0.2) is 36.5 Å². The van der Waals surface area contributed by atoms with Crippen molar-refractivity contribution in [1.82, 2.24) is 0 Å². The normalized spacial score (nSPS) is 29.5. The third kappa shape index (κ3) is 2.95. The van der Waals surface area contributed by atoms with Gasteiger partial charge in [-0.15, -0.1) is 0 Å². The van der Waals surface area contributed by atoms with E-state index >= 15 is 0 Å². The van der Waals surface area contributed by atoms with Gasteiger partial charge in [0.25, 0.3) is 0 Å². The van der Waals surface area contributed by atoms with Crippen LogP contribution in [0.3, 0.4) is 0 Å². The third-order valence-electron chi connectivity index (χ3n) is 3.49. The molecule has 0 aliphatic heterocycles. The summed E-state index contributed by atoms with van der Waals surface area (Å²) in [4.78, 5) is 11.6. The van der Waals surface area contributed by atoms with E-state index in [1.807, 2.05) is 0 Å². The van der Waals surface area contributed by atoms with Crippen molar-refractivity contribution < 1.29 is 19.4 Å². The summed E-state index contributed by atoms with van der Waals surface area (Å²) in [6.45, 7) is 3.61. The quantitative estimate of drug-likeness (QED) is 0.744. The standard InChI is InChI=1S/C12H22O4/c1-4-16-11(13)12(2,14)9-5-7-10(15-3)8-6-9/h9-10,14H,4-8H2,1-3H3. The summed E-state index contributed by atoms with van der Waals surface area (Å²) in [6, 6.07) is 0. The number of hydrogen-bond donors (Lipinski definition) is 1. The molecule has 0 aromatic rings. The summed E-state index contributed by atoms with van der Waals surface area (Å²) in [5.41, 5.74) is -1.35. The molecule has 1 rings (SSSR count). The second kappa shape index (κ2) is 5.64. The van der Waals surface area contributed by atoms with E-state index in [0.29, 0.717) is 6.61 Å². The van der Waals surface area contributed by atoms with Crippen molar-refractivity contribution in [2.75, 3.05) is 13.7 Å². The Hall–Kier alpha value is -0.610. The Morgan fingerprint density at radius 2 is 1.94 bits per heavy atom. The molecule has 1 fully saturated rings. The van der Waals surface area contributed by atoms with Gasteiger partial charge in [0, 0.05) is 7.11 Å². The fraction of sp³-hybridized carbons (Fsp3) is 0.917. The van der Waals surface area contributed by atoms with Crippen LogP contribution in [-0.2, 0) is 14.3 Å². The Morgan fingerprint density at radius 3 is 2.38 bits per heavy atom. The monoisotopic (exact) mass is 230 g/mol. The molecule has 1 unspecified atom stereocenters. The fourth-order valence-electron chi connectivity index (χ4n) is 2.30. The lowest BCUT2D eigenvalue weighted by Crippen LogP contribution is -2.46. The van der Waals surface area contributed by atoms with Crippen LogP contribution in [0, 0.1) is 5.92 Å². The maximum atomic E-state index is 11.6. The van der Waals surface area contributed by atoms with Crippen LogP contribution >= 0.6 is 0 Å². The molecule has 1 aliphatic carbocycles. The summed E-state index contributed by atoms with van der Waals surface area (Å²) in [5.74, 6) is -0.520. The average molecular weight is 230 g/mol. The van der Waals surface area contributed by atoms with E-state index in [1.165, 1.54) is 0 Å². The zero-order valence-corrected chi connectivity index (χ0v) is 10.4. The van der Waals surface area contributed by atoms with Crippen molar-refractivity contribution in [3.05, 3.63) is 0 Å². The predicted octanol–water partition coefficient (Wildman–Crippen LogP) is 1.51. The molecular formula is C12H22O4. The highest BCUT2D eigenvalue weighted by Gasteiger charge is 2.42. The lowest BCUT2D eigenvalue weighted by molar-refractivity contribution is -0.171. The molecule has 0 bridgehead atoms. The second-order valence-corrected chi connectivity index (χ2v) is 4.58. The number of aliphatic hydroxyl groups is 1. The Kier molecular flexibility index (Phi) is 4.74. The van der Waals surface area contributed by atoms with Gasteiger partial charge in [0.1, 0.15) is 0 Å². The fourth-order valence-corrected chi connectivity index (χ4v) is 2.30. The van der Waals surface area contributed by atoms with E-state index in [1.54, 1.807) is 21.0 Å². The molecule has 4 nitrogen and oxygen atoms in total. The molecule has 0 aromatic carbocycles. The van der Waals surface area contributed by atoms with Crippen molar-refractivity contribution in [2.45, 2.75) is 51.2 Å². The lowest BCUT2D eigenvalue weighted by atomic mass is 9.77. The van der Waals surface area contributed by atoms with E-state index in [-0.39, 0.29) is 12.0 Å².